The quantitative estimate of drug-likeness (QED) is 0.308. The second kappa shape index (κ2) is 8.98. The van der Waals surface area contributed by atoms with E-state index in [1.807, 2.05) is 48.1 Å². The lowest BCUT2D eigenvalue weighted by Crippen LogP contribution is -2.31. The van der Waals surface area contributed by atoms with Gasteiger partial charge in [0.2, 0.25) is 0 Å². The monoisotopic (exact) mass is 474 g/mol. The fourth-order valence-corrected chi connectivity index (χ4v) is 5.04. The molecule has 4 atom stereocenters. The maximum Gasteiger partial charge on any atom is 0.145 e. The fraction of sp³-hybridized carbons (Fsp3) is 0.423. The molecule has 0 saturated heterocycles. The number of anilines is 2. The molecule has 6 rings (SSSR count). The first kappa shape index (κ1) is 22.1. The summed E-state index contributed by atoms with van der Waals surface area (Å²) in [6.45, 7) is 1.27. The molecule has 4 N–H and O–H groups in total. The van der Waals surface area contributed by atoms with Crippen LogP contribution in [0.4, 0.5) is 11.6 Å². The Morgan fingerprint density at radius 3 is 2.77 bits per heavy atom. The summed E-state index contributed by atoms with van der Waals surface area (Å²) in [5.41, 5.74) is 1.60. The predicted molar refractivity (Wildman–Crippen MR) is 135 cm³/mol. The molecule has 9 nitrogen and oxygen atoms in total. The molecule has 2 aliphatic rings. The first-order valence-corrected chi connectivity index (χ1v) is 12.2. The zero-order valence-electron chi connectivity index (χ0n) is 19.6. The Morgan fingerprint density at radius 1 is 1.09 bits per heavy atom. The summed E-state index contributed by atoms with van der Waals surface area (Å²) in [6, 6.07) is 11.6. The number of pyridine rings is 1. The zero-order valence-corrected chi connectivity index (χ0v) is 19.6. The van der Waals surface area contributed by atoms with Gasteiger partial charge in [-0.1, -0.05) is 0 Å². The van der Waals surface area contributed by atoms with Crippen LogP contribution in [-0.4, -0.2) is 62.1 Å². The summed E-state index contributed by atoms with van der Waals surface area (Å²) in [4.78, 5) is 13.4. The Morgan fingerprint density at radius 2 is 1.94 bits per heavy atom. The molecule has 2 aliphatic carbocycles. The van der Waals surface area contributed by atoms with Gasteiger partial charge in [-0.3, -0.25) is 0 Å². The molecule has 2 saturated carbocycles. The number of rotatable bonds is 8. The molecule has 0 spiro atoms. The van der Waals surface area contributed by atoms with E-state index in [0.717, 1.165) is 46.0 Å². The van der Waals surface area contributed by atoms with Gasteiger partial charge in [0.05, 0.1) is 29.7 Å². The van der Waals surface area contributed by atoms with Gasteiger partial charge in [-0.15, -0.1) is 0 Å². The number of fused-ring (bicyclic) bond motifs is 2. The molecular weight excluding hydrogens is 444 g/mol. The van der Waals surface area contributed by atoms with E-state index in [1.165, 1.54) is 19.2 Å². The van der Waals surface area contributed by atoms with E-state index in [0.29, 0.717) is 18.8 Å². The van der Waals surface area contributed by atoms with Crippen molar-refractivity contribution in [3.8, 4) is 5.75 Å². The standard InChI is InChI=1S/C26H30N6O3/c1-27-25-19-8-9-32(26(19)30-14-29-25)21-10-17(23(33)24(21)34)13-35-18-6-4-16-5-7-22(31-20(16)11-18)28-12-15-2-3-15/h4-9,11,14-15,17,21,23-24,33-34H,2-3,10,12-13H2,1H3,(H,28,31)(H,27,29,30)/t17?,21-,23-,24+/m1/s1. The van der Waals surface area contributed by atoms with Crippen LogP contribution in [0.25, 0.3) is 21.9 Å². The Balaban J connectivity index is 1.15. The number of hydrogen-bond acceptors (Lipinski definition) is 8. The minimum atomic E-state index is -0.912. The average molecular weight is 475 g/mol. The number of nitrogens with zero attached hydrogens (tertiary/aromatic N) is 4. The highest BCUT2D eigenvalue weighted by Crippen LogP contribution is 2.38. The zero-order chi connectivity index (χ0) is 23.9. The Labute approximate surface area is 203 Å². The van der Waals surface area contributed by atoms with E-state index < -0.39 is 12.2 Å². The van der Waals surface area contributed by atoms with Gasteiger partial charge in [0.15, 0.2) is 0 Å². The normalized spacial score (nSPS) is 24.2. The molecule has 182 valence electrons. The second-order valence-corrected chi connectivity index (χ2v) is 9.66. The third-order valence-corrected chi connectivity index (χ3v) is 7.27. The van der Waals surface area contributed by atoms with E-state index in [2.05, 4.69) is 26.7 Å². The predicted octanol–water partition coefficient (Wildman–Crippen LogP) is 3.20. The second-order valence-electron chi connectivity index (χ2n) is 9.66. The molecule has 0 bridgehead atoms. The minimum absolute atomic E-state index is 0.215. The molecule has 9 heteroatoms. The number of ether oxygens (including phenoxy) is 1. The lowest BCUT2D eigenvalue weighted by molar-refractivity contribution is -0.00141. The highest BCUT2D eigenvalue weighted by atomic mass is 16.5. The van der Waals surface area contributed by atoms with Crippen molar-refractivity contribution in [1.82, 2.24) is 19.5 Å². The van der Waals surface area contributed by atoms with Crippen molar-refractivity contribution in [3.05, 3.63) is 48.9 Å². The van der Waals surface area contributed by atoms with Crippen molar-refractivity contribution in [2.45, 2.75) is 37.5 Å². The van der Waals surface area contributed by atoms with Crippen LogP contribution in [0.3, 0.4) is 0 Å². The Bertz CT molecular complexity index is 1350. The van der Waals surface area contributed by atoms with Gasteiger partial charge in [-0.25, -0.2) is 15.0 Å². The summed E-state index contributed by atoms with van der Waals surface area (Å²) < 4.78 is 8.01. The van der Waals surface area contributed by atoms with Crippen LogP contribution in [-0.2, 0) is 0 Å². The third kappa shape index (κ3) is 4.26. The van der Waals surface area contributed by atoms with Gasteiger partial charge in [0.1, 0.15) is 35.5 Å². The number of nitrogens with one attached hydrogen (secondary N) is 2. The van der Waals surface area contributed by atoms with Crippen LogP contribution in [0.2, 0.25) is 0 Å². The Hall–Kier alpha value is -3.43. The molecule has 1 aromatic carbocycles. The first-order valence-electron chi connectivity index (χ1n) is 12.2. The lowest BCUT2D eigenvalue weighted by atomic mass is 10.1. The highest BCUT2D eigenvalue weighted by Gasteiger charge is 2.43. The summed E-state index contributed by atoms with van der Waals surface area (Å²) in [5, 5.41) is 30.0. The molecule has 0 aliphatic heterocycles. The third-order valence-electron chi connectivity index (χ3n) is 7.27. The molecule has 0 radical (unpaired) electrons. The highest BCUT2D eigenvalue weighted by molar-refractivity contribution is 5.87. The van der Waals surface area contributed by atoms with Crippen LogP contribution in [0, 0.1) is 11.8 Å². The van der Waals surface area contributed by atoms with E-state index in [4.69, 9.17) is 9.72 Å². The van der Waals surface area contributed by atoms with Crippen molar-refractivity contribution < 1.29 is 14.9 Å². The number of aliphatic hydroxyl groups excluding tert-OH is 2. The smallest absolute Gasteiger partial charge is 0.145 e. The Kier molecular flexibility index (Phi) is 5.66. The van der Waals surface area contributed by atoms with Gasteiger partial charge in [-0.05, 0) is 55.5 Å². The van der Waals surface area contributed by atoms with Crippen LogP contribution in [0.15, 0.2) is 48.9 Å². The molecule has 2 fully saturated rings. The number of benzene rings is 1. The summed E-state index contributed by atoms with van der Waals surface area (Å²) in [7, 11) is 1.81. The van der Waals surface area contributed by atoms with Crippen LogP contribution >= 0.6 is 0 Å². The summed E-state index contributed by atoms with van der Waals surface area (Å²) >= 11 is 0. The molecule has 1 unspecified atom stereocenters. The molecule has 4 aromatic rings. The van der Waals surface area contributed by atoms with Crippen LogP contribution < -0.4 is 15.4 Å². The molecule has 3 aromatic heterocycles. The van der Waals surface area contributed by atoms with Crippen molar-refractivity contribution in [3.63, 3.8) is 0 Å². The number of aliphatic hydroxyl groups is 2. The van der Waals surface area contributed by atoms with Crippen molar-refractivity contribution in [2.75, 3.05) is 30.8 Å². The molecular formula is C26H30N6O3. The topological polar surface area (TPSA) is 117 Å². The SMILES string of the molecule is CNc1ncnc2c1ccn2[C@@H]1CC(COc2ccc3ccc(NCC4CC4)nc3c2)[C@@H](O)[C@H]1O. The van der Waals surface area contributed by atoms with Crippen LogP contribution in [0.5, 0.6) is 5.75 Å². The maximum atomic E-state index is 10.8. The van der Waals surface area contributed by atoms with Gasteiger partial charge in [-0.2, -0.15) is 0 Å². The summed E-state index contributed by atoms with van der Waals surface area (Å²) in [6.07, 6.45) is 4.77. The van der Waals surface area contributed by atoms with Gasteiger partial charge in [0.25, 0.3) is 0 Å². The molecule has 0 amide bonds. The van der Waals surface area contributed by atoms with Crippen molar-refractivity contribution >= 4 is 33.6 Å². The molecule has 35 heavy (non-hydrogen) atoms. The van der Waals surface area contributed by atoms with E-state index in [9.17, 15) is 10.2 Å². The minimum Gasteiger partial charge on any atom is -0.493 e. The van der Waals surface area contributed by atoms with Crippen molar-refractivity contribution in [1.29, 1.82) is 0 Å². The molecule has 3 heterocycles. The average Bonchev–Trinajstić information content (AvgIpc) is 3.56. The lowest BCUT2D eigenvalue weighted by Gasteiger charge is -2.19. The summed E-state index contributed by atoms with van der Waals surface area (Å²) in [5.74, 6) is 2.88. The van der Waals surface area contributed by atoms with Crippen LogP contribution in [0.1, 0.15) is 25.3 Å². The van der Waals surface area contributed by atoms with Gasteiger partial charge < -0.3 is 30.2 Å². The van der Waals surface area contributed by atoms with Crippen molar-refractivity contribution in [2.24, 2.45) is 11.8 Å². The first-order chi connectivity index (χ1) is 17.1. The largest absolute Gasteiger partial charge is 0.493 e. The number of hydrogen-bond donors (Lipinski definition) is 4. The van der Waals surface area contributed by atoms with E-state index in [1.54, 1.807) is 0 Å². The van der Waals surface area contributed by atoms with E-state index >= 15 is 0 Å². The van der Waals surface area contributed by atoms with Gasteiger partial charge in [0, 0.05) is 37.2 Å². The number of aromatic nitrogens is 4. The fourth-order valence-electron chi connectivity index (χ4n) is 5.04. The van der Waals surface area contributed by atoms with E-state index in [-0.39, 0.29) is 12.0 Å². The maximum absolute atomic E-state index is 10.8. The van der Waals surface area contributed by atoms with Gasteiger partial charge >= 0.3 is 0 Å².